The number of aryl methyl sites for hydroxylation is 2. The molecule has 1 fully saturated rings. The van der Waals surface area contributed by atoms with Crippen molar-refractivity contribution in [2.24, 2.45) is 5.92 Å². The van der Waals surface area contributed by atoms with E-state index in [2.05, 4.69) is 19.9 Å². The smallest absolute Gasteiger partial charge is 0.259 e. The highest BCUT2D eigenvalue weighted by Gasteiger charge is 2.30. The van der Waals surface area contributed by atoms with Gasteiger partial charge in [-0.3, -0.25) is 4.79 Å². The number of rotatable bonds is 7. The van der Waals surface area contributed by atoms with Crippen molar-refractivity contribution < 1.29 is 14.6 Å². The molecule has 2 aromatic heterocycles. The van der Waals surface area contributed by atoms with Gasteiger partial charge in [0.15, 0.2) is 5.82 Å². The molecule has 3 heterocycles. The van der Waals surface area contributed by atoms with E-state index in [1.807, 2.05) is 44.9 Å². The Morgan fingerprint density at radius 1 is 1.38 bits per heavy atom. The number of aromatic nitrogens is 3. The van der Waals surface area contributed by atoms with Gasteiger partial charge in [0.25, 0.3) is 5.91 Å². The third-order valence-electron chi connectivity index (χ3n) is 5.14. The predicted octanol–water partition coefficient (Wildman–Crippen LogP) is 1.98. The lowest BCUT2D eigenvalue weighted by Crippen LogP contribution is -2.32. The summed E-state index contributed by atoms with van der Waals surface area (Å²) in [6.45, 7) is 8.14. The Kier molecular flexibility index (Phi) is 6.64. The van der Waals surface area contributed by atoms with Crippen molar-refractivity contribution in [1.29, 1.82) is 0 Å². The van der Waals surface area contributed by atoms with E-state index < -0.39 is 0 Å². The lowest BCUT2D eigenvalue weighted by Gasteiger charge is -2.23. The quantitative estimate of drug-likeness (QED) is 0.761. The first-order valence-electron chi connectivity index (χ1n) is 9.97. The highest BCUT2D eigenvalue weighted by molar-refractivity contribution is 5.98. The molecule has 2 aromatic rings. The van der Waals surface area contributed by atoms with E-state index in [4.69, 9.17) is 4.74 Å². The number of hydrogen-bond acceptors (Lipinski definition) is 7. The second kappa shape index (κ2) is 9.17. The number of ether oxygens (including phenoxy) is 1. The van der Waals surface area contributed by atoms with Crippen molar-refractivity contribution in [3.8, 4) is 5.88 Å². The topological polar surface area (TPSA) is 91.7 Å². The highest BCUT2D eigenvalue weighted by Crippen LogP contribution is 2.26. The number of aliphatic hydroxyl groups is 1. The standard InChI is InChI=1S/C21H29N5O3/c1-5-29-20-19(14(2)6-8-22-20)21(28)26-9-7-16(12-26)11-25(4)18-10-15(3)23-17(13-27)24-18/h6,8,10,16,27H,5,7,9,11-13H2,1-4H3. The summed E-state index contributed by atoms with van der Waals surface area (Å²) in [7, 11) is 1.98. The Morgan fingerprint density at radius 2 is 2.17 bits per heavy atom. The molecule has 1 N–H and O–H groups in total. The molecule has 3 rings (SSSR count). The van der Waals surface area contributed by atoms with Crippen molar-refractivity contribution >= 4 is 11.7 Å². The Labute approximate surface area is 171 Å². The molecule has 0 spiro atoms. The van der Waals surface area contributed by atoms with E-state index in [0.29, 0.717) is 42.9 Å². The van der Waals surface area contributed by atoms with E-state index in [1.165, 1.54) is 0 Å². The Morgan fingerprint density at radius 3 is 2.90 bits per heavy atom. The van der Waals surface area contributed by atoms with Crippen molar-refractivity contribution in [2.45, 2.75) is 33.8 Å². The molecule has 1 aliphatic rings. The Balaban J connectivity index is 1.68. The van der Waals surface area contributed by atoms with Gasteiger partial charge in [-0.1, -0.05) is 0 Å². The Bertz CT molecular complexity index is 873. The molecular weight excluding hydrogens is 370 g/mol. The fourth-order valence-corrected chi connectivity index (χ4v) is 3.72. The van der Waals surface area contributed by atoms with Crippen molar-refractivity contribution in [3.63, 3.8) is 0 Å². The molecule has 0 aliphatic carbocycles. The maximum absolute atomic E-state index is 13.1. The van der Waals surface area contributed by atoms with Crippen LogP contribution in [-0.2, 0) is 6.61 Å². The minimum Gasteiger partial charge on any atom is -0.477 e. The number of aliphatic hydroxyl groups excluding tert-OH is 1. The first-order chi connectivity index (χ1) is 13.9. The maximum Gasteiger partial charge on any atom is 0.259 e. The van der Waals surface area contributed by atoms with Gasteiger partial charge in [0.1, 0.15) is 18.0 Å². The largest absolute Gasteiger partial charge is 0.477 e. The van der Waals surface area contributed by atoms with E-state index in [-0.39, 0.29) is 12.5 Å². The molecule has 0 radical (unpaired) electrons. The van der Waals surface area contributed by atoms with Crippen molar-refractivity contribution in [1.82, 2.24) is 19.9 Å². The summed E-state index contributed by atoms with van der Waals surface area (Å²) in [5, 5.41) is 9.34. The molecule has 8 heteroatoms. The van der Waals surface area contributed by atoms with Crippen LogP contribution < -0.4 is 9.64 Å². The maximum atomic E-state index is 13.1. The van der Waals surface area contributed by atoms with Crippen molar-refractivity contribution in [2.75, 3.05) is 38.2 Å². The second-order valence-electron chi connectivity index (χ2n) is 7.47. The van der Waals surface area contributed by atoms with Crippen LogP contribution in [0.4, 0.5) is 5.82 Å². The van der Waals surface area contributed by atoms with Gasteiger partial charge in [0, 0.05) is 44.6 Å². The third-order valence-corrected chi connectivity index (χ3v) is 5.14. The molecule has 1 saturated heterocycles. The zero-order valence-electron chi connectivity index (χ0n) is 17.6. The molecule has 0 aromatic carbocycles. The molecule has 29 heavy (non-hydrogen) atoms. The van der Waals surface area contributed by atoms with Gasteiger partial charge in [0.05, 0.1) is 6.61 Å². The summed E-state index contributed by atoms with van der Waals surface area (Å²) in [4.78, 5) is 29.9. The zero-order chi connectivity index (χ0) is 21.0. The monoisotopic (exact) mass is 399 g/mol. The van der Waals surface area contributed by atoms with E-state index in [0.717, 1.165) is 30.0 Å². The molecular formula is C21H29N5O3. The van der Waals surface area contributed by atoms with E-state index in [9.17, 15) is 9.90 Å². The third kappa shape index (κ3) is 4.82. The number of hydrogen-bond donors (Lipinski definition) is 1. The fourth-order valence-electron chi connectivity index (χ4n) is 3.72. The molecule has 1 unspecified atom stereocenters. The minimum atomic E-state index is -0.180. The first kappa shape index (κ1) is 21.0. The molecule has 156 valence electrons. The lowest BCUT2D eigenvalue weighted by atomic mass is 10.1. The lowest BCUT2D eigenvalue weighted by molar-refractivity contribution is 0.0781. The van der Waals surface area contributed by atoms with Crippen LogP contribution in [0, 0.1) is 19.8 Å². The summed E-state index contributed by atoms with van der Waals surface area (Å²) in [5.41, 5.74) is 2.26. The van der Waals surface area contributed by atoms with Crippen LogP contribution in [0.1, 0.15) is 40.8 Å². The molecule has 0 saturated carbocycles. The van der Waals surface area contributed by atoms with Gasteiger partial charge in [-0.05, 0) is 44.7 Å². The number of amides is 1. The van der Waals surface area contributed by atoms with Gasteiger partial charge >= 0.3 is 0 Å². The van der Waals surface area contributed by atoms with Crippen LogP contribution >= 0.6 is 0 Å². The number of carbonyl (C=O) groups excluding carboxylic acids is 1. The number of nitrogens with zero attached hydrogens (tertiary/aromatic N) is 5. The zero-order valence-corrected chi connectivity index (χ0v) is 17.6. The van der Waals surface area contributed by atoms with Crippen molar-refractivity contribution in [3.05, 3.63) is 41.0 Å². The fraction of sp³-hybridized carbons (Fsp3) is 0.524. The van der Waals surface area contributed by atoms with Crippen LogP contribution in [0.3, 0.4) is 0 Å². The van der Waals surface area contributed by atoms with E-state index >= 15 is 0 Å². The number of anilines is 1. The summed E-state index contributed by atoms with van der Waals surface area (Å²) in [6.07, 6.45) is 2.60. The average molecular weight is 399 g/mol. The summed E-state index contributed by atoms with van der Waals surface area (Å²) < 4.78 is 5.58. The van der Waals surface area contributed by atoms with Gasteiger partial charge in [-0.15, -0.1) is 0 Å². The number of likely N-dealkylation sites (tertiary alicyclic amines) is 1. The van der Waals surface area contributed by atoms with Crippen LogP contribution in [0.25, 0.3) is 0 Å². The second-order valence-corrected chi connectivity index (χ2v) is 7.47. The molecule has 1 atom stereocenters. The summed E-state index contributed by atoms with van der Waals surface area (Å²) >= 11 is 0. The summed E-state index contributed by atoms with van der Waals surface area (Å²) in [5.74, 6) is 1.93. The van der Waals surface area contributed by atoms with Gasteiger partial charge in [-0.25, -0.2) is 15.0 Å². The molecule has 1 amide bonds. The van der Waals surface area contributed by atoms with Gasteiger partial charge in [-0.2, -0.15) is 0 Å². The normalized spacial score (nSPS) is 16.2. The average Bonchev–Trinajstić information content (AvgIpc) is 3.16. The molecule has 8 nitrogen and oxygen atoms in total. The van der Waals surface area contributed by atoms with Crippen LogP contribution in [-0.4, -0.2) is 64.2 Å². The number of carbonyl (C=O) groups is 1. The summed E-state index contributed by atoms with van der Waals surface area (Å²) in [6, 6.07) is 3.75. The minimum absolute atomic E-state index is 0.0235. The van der Waals surface area contributed by atoms with Crippen LogP contribution in [0.5, 0.6) is 5.88 Å². The Hall–Kier alpha value is -2.74. The SMILES string of the molecule is CCOc1nccc(C)c1C(=O)N1CCC(CN(C)c2cc(C)nc(CO)n2)C1. The van der Waals surface area contributed by atoms with Gasteiger partial charge < -0.3 is 19.6 Å². The van der Waals surface area contributed by atoms with Crippen LogP contribution in [0.2, 0.25) is 0 Å². The molecule has 0 bridgehead atoms. The van der Waals surface area contributed by atoms with E-state index in [1.54, 1.807) is 6.20 Å². The first-order valence-corrected chi connectivity index (χ1v) is 9.97. The predicted molar refractivity (Wildman–Crippen MR) is 110 cm³/mol. The van der Waals surface area contributed by atoms with Gasteiger partial charge in [0.2, 0.25) is 5.88 Å². The number of pyridine rings is 1. The van der Waals surface area contributed by atoms with Crippen LogP contribution in [0.15, 0.2) is 18.3 Å². The highest BCUT2D eigenvalue weighted by atomic mass is 16.5. The molecule has 1 aliphatic heterocycles.